The number of esters is 1. The van der Waals surface area contributed by atoms with Gasteiger partial charge in [-0.15, -0.1) is 0 Å². The van der Waals surface area contributed by atoms with E-state index in [-0.39, 0.29) is 18.5 Å². The van der Waals surface area contributed by atoms with E-state index in [4.69, 9.17) is 27.9 Å². The van der Waals surface area contributed by atoms with Crippen molar-refractivity contribution in [1.29, 1.82) is 0 Å². The number of ether oxygens (including phenoxy) is 1. The van der Waals surface area contributed by atoms with Crippen LogP contribution in [0.25, 0.3) is 0 Å². The van der Waals surface area contributed by atoms with E-state index in [1.807, 2.05) is 0 Å². The first-order valence-corrected chi connectivity index (χ1v) is 8.49. The van der Waals surface area contributed by atoms with Gasteiger partial charge < -0.3 is 4.74 Å². The van der Waals surface area contributed by atoms with Gasteiger partial charge in [0.15, 0.2) is 0 Å². The highest BCUT2D eigenvalue weighted by Gasteiger charge is 2.34. The molecule has 25 heavy (non-hydrogen) atoms. The van der Waals surface area contributed by atoms with Crippen molar-refractivity contribution in [3.63, 3.8) is 0 Å². The molecule has 3 rings (SSSR count). The zero-order valence-electron chi connectivity index (χ0n) is 13.4. The van der Waals surface area contributed by atoms with Crippen LogP contribution in [0, 0.1) is 5.82 Å². The Hall–Kier alpha value is -2.11. The predicted molar refractivity (Wildman–Crippen MR) is 96.8 cm³/mol. The molecule has 4 nitrogen and oxygen atoms in total. The second kappa shape index (κ2) is 7.42. The van der Waals surface area contributed by atoms with Crippen molar-refractivity contribution >= 4 is 40.6 Å². The van der Waals surface area contributed by atoms with Gasteiger partial charge in [-0.3, -0.25) is 5.01 Å². The van der Waals surface area contributed by atoms with Gasteiger partial charge in [-0.2, -0.15) is 5.10 Å². The van der Waals surface area contributed by atoms with E-state index in [1.54, 1.807) is 42.3 Å². The van der Waals surface area contributed by atoms with Gasteiger partial charge in [0.2, 0.25) is 0 Å². The minimum Gasteiger partial charge on any atom is -0.461 e. The highest BCUT2D eigenvalue weighted by atomic mass is 35.5. The maximum absolute atomic E-state index is 13.3. The zero-order chi connectivity index (χ0) is 18.0. The van der Waals surface area contributed by atoms with Gasteiger partial charge in [0.1, 0.15) is 11.5 Å². The Morgan fingerprint density at radius 2 is 2.00 bits per heavy atom. The number of carbonyl (C=O) groups is 1. The lowest BCUT2D eigenvalue weighted by molar-refractivity contribution is -0.135. The molecule has 0 saturated carbocycles. The largest absolute Gasteiger partial charge is 0.461 e. The van der Waals surface area contributed by atoms with Crippen LogP contribution in [0.5, 0.6) is 0 Å². The smallest absolute Gasteiger partial charge is 0.354 e. The van der Waals surface area contributed by atoms with Gasteiger partial charge in [-0.05, 0) is 42.8 Å². The van der Waals surface area contributed by atoms with Crippen molar-refractivity contribution in [2.75, 3.05) is 11.6 Å². The molecule has 0 bridgehead atoms. The lowest BCUT2D eigenvalue weighted by Crippen LogP contribution is -2.19. The standard InChI is InChI=1S/C18H15Cl2FN2O2/c1-2-25-18(24)15-10-17(11-3-6-13(21)7-4-11)23(22-15)16-8-5-12(19)9-14(16)20/h3-9,17H,2,10H2,1H3. The molecule has 0 amide bonds. The number of carbonyl (C=O) groups excluding carboxylic acids is 1. The normalized spacial score (nSPS) is 16.7. The maximum atomic E-state index is 13.3. The summed E-state index contributed by atoms with van der Waals surface area (Å²) in [5.41, 5.74) is 1.72. The quantitative estimate of drug-likeness (QED) is 0.700. The summed E-state index contributed by atoms with van der Waals surface area (Å²) in [5, 5.41) is 6.96. The highest BCUT2D eigenvalue weighted by molar-refractivity contribution is 6.38. The van der Waals surface area contributed by atoms with Gasteiger partial charge in [0.25, 0.3) is 0 Å². The summed E-state index contributed by atoms with van der Waals surface area (Å²) in [6, 6.07) is 10.8. The monoisotopic (exact) mass is 380 g/mol. The van der Waals surface area contributed by atoms with E-state index in [2.05, 4.69) is 5.10 Å². The third-order valence-corrected chi connectivity index (χ3v) is 4.37. The van der Waals surface area contributed by atoms with Crippen molar-refractivity contribution in [3.05, 3.63) is 63.9 Å². The molecule has 2 aromatic carbocycles. The summed E-state index contributed by atoms with van der Waals surface area (Å²) in [6.07, 6.45) is 0.337. The number of hydrazone groups is 1. The van der Waals surface area contributed by atoms with Crippen molar-refractivity contribution in [2.24, 2.45) is 5.10 Å². The van der Waals surface area contributed by atoms with E-state index in [1.165, 1.54) is 12.1 Å². The molecule has 1 aliphatic rings. The minimum absolute atomic E-state index is 0.265. The molecule has 130 valence electrons. The van der Waals surface area contributed by atoms with Crippen LogP contribution in [0.15, 0.2) is 47.6 Å². The number of hydrogen-bond acceptors (Lipinski definition) is 4. The average Bonchev–Trinajstić information content (AvgIpc) is 3.01. The van der Waals surface area contributed by atoms with Crippen molar-refractivity contribution < 1.29 is 13.9 Å². The Morgan fingerprint density at radius 1 is 1.28 bits per heavy atom. The Bertz CT molecular complexity index is 824. The molecule has 0 saturated heterocycles. The topological polar surface area (TPSA) is 41.9 Å². The summed E-state index contributed by atoms with van der Waals surface area (Å²) in [5.74, 6) is -0.799. The van der Waals surface area contributed by atoms with Crippen LogP contribution in [0.4, 0.5) is 10.1 Å². The van der Waals surface area contributed by atoms with Crippen LogP contribution < -0.4 is 5.01 Å². The van der Waals surface area contributed by atoms with E-state index < -0.39 is 5.97 Å². The number of hydrogen-bond donors (Lipinski definition) is 0. The molecular weight excluding hydrogens is 366 g/mol. The number of halogens is 3. The fourth-order valence-corrected chi connectivity index (χ4v) is 3.18. The maximum Gasteiger partial charge on any atom is 0.354 e. The molecule has 0 fully saturated rings. The van der Waals surface area contributed by atoms with Crippen LogP contribution in [0.3, 0.4) is 0 Å². The molecular formula is C18H15Cl2FN2O2. The summed E-state index contributed by atoms with van der Waals surface area (Å²) >= 11 is 12.3. The van der Waals surface area contributed by atoms with E-state index in [0.717, 1.165) is 5.56 Å². The average molecular weight is 381 g/mol. The number of nitrogens with zero attached hydrogens (tertiary/aromatic N) is 2. The van der Waals surface area contributed by atoms with Crippen LogP contribution in [-0.4, -0.2) is 18.3 Å². The lowest BCUT2D eigenvalue weighted by Gasteiger charge is -2.24. The van der Waals surface area contributed by atoms with Gasteiger partial charge in [-0.25, -0.2) is 9.18 Å². The van der Waals surface area contributed by atoms with E-state index in [0.29, 0.717) is 27.9 Å². The molecule has 7 heteroatoms. The molecule has 2 aromatic rings. The Labute approximate surface area is 154 Å². The second-order valence-electron chi connectivity index (χ2n) is 5.48. The summed E-state index contributed by atoms with van der Waals surface area (Å²) in [4.78, 5) is 12.1. The Morgan fingerprint density at radius 3 is 2.64 bits per heavy atom. The Kier molecular flexibility index (Phi) is 5.25. The Balaban J connectivity index is 2.01. The first-order valence-electron chi connectivity index (χ1n) is 7.74. The van der Waals surface area contributed by atoms with Crippen LogP contribution >= 0.6 is 23.2 Å². The van der Waals surface area contributed by atoms with Crippen LogP contribution in [0.2, 0.25) is 10.0 Å². The minimum atomic E-state index is -0.470. The molecule has 0 aliphatic carbocycles. The van der Waals surface area contributed by atoms with E-state index in [9.17, 15) is 9.18 Å². The van der Waals surface area contributed by atoms with Crippen molar-refractivity contribution in [2.45, 2.75) is 19.4 Å². The lowest BCUT2D eigenvalue weighted by atomic mass is 10.0. The predicted octanol–water partition coefficient (Wildman–Crippen LogP) is 5.00. The number of rotatable bonds is 4. The van der Waals surface area contributed by atoms with Crippen molar-refractivity contribution in [3.8, 4) is 0 Å². The second-order valence-corrected chi connectivity index (χ2v) is 6.32. The molecule has 0 spiro atoms. The summed E-state index contributed by atoms with van der Waals surface area (Å²) < 4.78 is 18.3. The van der Waals surface area contributed by atoms with Crippen LogP contribution in [-0.2, 0) is 9.53 Å². The number of benzene rings is 2. The molecule has 0 radical (unpaired) electrons. The summed E-state index contributed by atoms with van der Waals surface area (Å²) in [7, 11) is 0. The van der Waals surface area contributed by atoms with E-state index >= 15 is 0 Å². The third-order valence-electron chi connectivity index (χ3n) is 3.83. The molecule has 0 N–H and O–H groups in total. The first-order chi connectivity index (χ1) is 12.0. The molecule has 1 unspecified atom stereocenters. The fourth-order valence-electron chi connectivity index (χ4n) is 2.68. The highest BCUT2D eigenvalue weighted by Crippen LogP contribution is 2.39. The zero-order valence-corrected chi connectivity index (χ0v) is 14.9. The van der Waals surface area contributed by atoms with Crippen LogP contribution in [0.1, 0.15) is 24.9 Å². The molecule has 1 aliphatic heterocycles. The molecule has 1 heterocycles. The third kappa shape index (κ3) is 3.78. The van der Waals surface area contributed by atoms with Gasteiger partial charge in [0.05, 0.1) is 23.4 Å². The molecule has 0 aromatic heterocycles. The summed E-state index contributed by atoms with van der Waals surface area (Å²) in [6.45, 7) is 2.00. The van der Waals surface area contributed by atoms with Crippen molar-refractivity contribution in [1.82, 2.24) is 0 Å². The number of anilines is 1. The molecule has 1 atom stereocenters. The van der Waals surface area contributed by atoms with Gasteiger partial charge in [-0.1, -0.05) is 35.3 Å². The van der Waals surface area contributed by atoms with Gasteiger partial charge >= 0.3 is 5.97 Å². The van der Waals surface area contributed by atoms with Gasteiger partial charge in [0, 0.05) is 11.4 Å². The fraction of sp³-hybridized carbons (Fsp3) is 0.222. The first kappa shape index (κ1) is 17.7. The SMILES string of the molecule is CCOC(=O)C1=NN(c2ccc(Cl)cc2Cl)C(c2ccc(F)cc2)C1.